The monoisotopic (exact) mass is 676 g/mol. The van der Waals surface area contributed by atoms with Crippen molar-refractivity contribution in [3.8, 4) is 22.6 Å². The summed E-state index contributed by atoms with van der Waals surface area (Å²) in [7, 11) is 3.48. The molecule has 0 saturated carbocycles. The van der Waals surface area contributed by atoms with Gasteiger partial charge in [0.05, 0.1) is 14.2 Å². The average molecular weight is 677 g/mol. The number of anilines is 6. The van der Waals surface area contributed by atoms with Crippen molar-refractivity contribution in [3.05, 3.63) is 181 Å². The van der Waals surface area contributed by atoms with E-state index in [2.05, 4.69) is 194 Å². The number of hydrogen-bond donors (Lipinski definition) is 0. The first-order valence-electron chi connectivity index (χ1n) is 17.6. The lowest BCUT2D eigenvalue weighted by Gasteiger charge is -2.27. The zero-order valence-electron chi connectivity index (χ0n) is 29.9. The number of methoxy groups -OCH3 is 2. The lowest BCUT2D eigenvalue weighted by atomic mass is 9.91. The van der Waals surface area contributed by atoms with Crippen molar-refractivity contribution in [1.29, 1.82) is 0 Å². The third kappa shape index (κ3) is 6.09. The van der Waals surface area contributed by atoms with Crippen LogP contribution in [0.15, 0.2) is 170 Å². The molecule has 4 nitrogen and oxygen atoms in total. The van der Waals surface area contributed by atoms with Crippen LogP contribution in [0.4, 0.5) is 34.1 Å². The molecule has 0 atom stereocenters. The average Bonchev–Trinajstić information content (AvgIpc) is 3.18. The third-order valence-electron chi connectivity index (χ3n) is 9.69. The summed E-state index contributed by atoms with van der Waals surface area (Å²) in [5, 5.41) is 4.38. The van der Waals surface area contributed by atoms with Crippen LogP contribution in [0, 0.1) is 13.8 Å². The first kappa shape index (κ1) is 32.7. The van der Waals surface area contributed by atoms with E-state index in [1.807, 2.05) is 0 Å². The Balaban J connectivity index is 1.31. The van der Waals surface area contributed by atoms with Crippen LogP contribution >= 0.6 is 0 Å². The summed E-state index contributed by atoms with van der Waals surface area (Å²) in [6.07, 6.45) is 0. The van der Waals surface area contributed by atoms with Crippen LogP contribution in [0.2, 0.25) is 0 Å². The van der Waals surface area contributed by atoms with E-state index in [0.29, 0.717) is 0 Å². The molecule has 8 aromatic carbocycles. The van der Waals surface area contributed by atoms with Gasteiger partial charge in [0.25, 0.3) is 0 Å². The molecule has 0 fully saturated rings. The highest BCUT2D eigenvalue weighted by Gasteiger charge is 2.21. The summed E-state index contributed by atoms with van der Waals surface area (Å²) in [4.78, 5) is 4.62. The van der Waals surface area contributed by atoms with Crippen LogP contribution in [0.1, 0.15) is 11.1 Å². The SMILES string of the molecule is COc1ccc2cc(N(c3ccccc3)c3cccc(C)c3)ccc2c1-c1c(OC)ccc2cc(N(c3ccccc3)c3cccc(C)c3)ccc12. The Kier molecular flexibility index (Phi) is 8.80. The van der Waals surface area contributed by atoms with E-state index in [9.17, 15) is 0 Å². The van der Waals surface area contributed by atoms with E-state index in [1.165, 1.54) is 11.1 Å². The van der Waals surface area contributed by atoms with E-state index in [-0.39, 0.29) is 0 Å². The largest absolute Gasteiger partial charge is 0.496 e. The first-order chi connectivity index (χ1) is 25.5. The molecular formula is C48H40N2O2. The van der Waals surface area contributed by atoms with E-state index < -0.39 is 0 Å². The van der Waals surface area contributed by atoms with E-state index in [1.54, 1.807) is 14.2 Å². The maximum absolute atomic E-state index is 6.10. The topological polar surface area (TPSA) is 24.9 Å². The number of ether oxygens (including phenoxy) is 2. The first-order valence-corrected chi connectivity index (χ1v) is 17.6. The molecule has 0 amide bonds. The van der Waals surface area contributed by atoms with Crippen molar-refractivity contribution in [1.82, 2.24) is 0 Å². The summed E-state index contributed by atoms with van der Waals surface area (Å²) in [5.41, 5.74) is 11.0. The summed E-state index contributed by atoms with van der Waals surface area (Å²) in [6, 6.07) is 60.1. The maximum Gasteiger partial charge on any atom is 0.127 e. The van der Waals surface area contributed by atoms with Crippen LogP contribution < -0.4 is 19.3 Å². The molecule has 8 rings (SSSR count). The molecule has 0 unspecified atom stereocenters. The highest BCUT2D eigenvalue weighted by Crippen LogP contribution is 2.48. The minimum absolute atomic E-state index is 0.791. The molecule has 0 aliphatic heterocycles. The lowest BCUT2D eigenvalue weighted by Crippen LogP contribution is -2.10. The molecule has 0 aromatic heterocycles. The molecule has 0 aliphatic rings. The highest BCUT2D eigenvalue weighted by atomic mass is 16.5. The van der Waals surface area contributed by atoms with E-state index in [4.69, 9.17) is 9.47 Å². The van der Waals surface area contributed by atoms with Gasteiger partial charge in [-0.15, -0.1) is 0 Å². The Morgan fingerprint density at radius 2 is 0.731 bits per heavy atom. The number of para-hydroxylation sites is 2. The number of fused-ring (bicyclic) bond motifs is 2. The van der Waals surface area contributed by atoms with Crippen LogP contribution in [0.25, 0.3) is 32.7 Å². The Hall–Kier alpha value is -6.52. The van der Waals surface area contributed by atoms with Gasteiger partial charge in [-0.05, 0) is 131 Å². The minimum Gasteiger partial charge on any atom is -0.496 e. The van der Waals surface area contributed by atoms with Crippen molar-refractivity contribution >= 4 is 55.7 Å². The Bertz CT molecular complexity index is 2350. The molecule has 0 radical (unpaired) electrons. The second kappa shape index (κ2) is 14.0. The number of hydrogen-bond acceptors (Lipinski definition) is 4. The number of nitrogens with zero attached hydrogens (tertiary/aromatic N) is 2. The van der Waals surface area contributed by atoms with Gasteiger partial charge in [-0.3, -0.25) is 0 Å². The van der Waals surface area contributed by atoms with Crippen molar-refractivity contribution in [3.63, 3.8) is 0 Å². The van der Waals surface area contributed by atoms with Gasteiger partial charge in [0.15, 0.2) is 0 Å². The van der Waals surface area contributed by atoms with Crippen molar-refractivity contribution in [2.75, 3.05) is 24.0 Å². The number of aryl methyl sites for hydroxylation is 2. The van der Waals surface area contributed by atoms with Gasteiger partial charge in [0.1, 0.15) is 11.5 Å². The lowest BCUT2D eigenvalue weighted by molar-refractivity contribution is 0.411. The second-order valence-corrected chi connectivity index (χ2v) is 13.1. The summed E-state index contributed by atoms with van der Waals surface area (Å²) in [5.74, 6) is 1.58. The minimum atomic E-state index is 0.791. The Morgan fingerprint density at radius 3 is 1.12 bits per heavy atom. The van der Waals surface area contributed by atoms with E-state index in [0.717, 1.165) is 78.3 Å². The Labute approximate surface area is 305 Å². The fourth-order valence-corrected chi connectivity index (χ4v) is 7.31. The smallest absolute Gasteiger partial charge is 0.127 e. The molecule has 0 bridgehead atoms. The van der Waals surface area contributed by atoms with Gasteiger partial charge >= 0.3 is 0 Å². The molecule has 0 N–H and O–H groups in total. The van der Waals surface area contributed by atoms with Crippen LogP contribution in [0.5, 0.6) is 11.5 Å². The summed E-state index contributed by atoms with van der Waals surface area (Å²) < 4.78 is 12.2. The van der Waals surface area contributed by atoms with Gasteiger partial charge in [0, 0.05) is 45.3 Å². The number of rotatable bonds is 9. The molecule has 254 valence electrons. The van der Waals surface area contributed by atoms with Gasteiger partial charge in [-0.25, -0.2) is 0 Å². The van der Waals surface area contributed by atoms with Gasteiger partial charge in [-0.1, -0.05) is 84.9 Å². The van der Waals surface area contributed by atoms with E-state index >= 15 is 0 Å². The van der Waals surface area contributed by atoms with Crippen LogP contribution in [-0.4, -0.2) is 14.2 Å². The van der Waals surface area contributed by atoms with Gasteiger partial charge in [0.2, 0.25) is 0 Å². The molecule has 0 aliphatic carbocycles. The second-order valence-electron chi connectivity index (χ2n) is 13.1. The molecule has 0 spiro atoms. The standard InChI is InChI=1S/C48H40N2O2/c1-33-13-11-19-39(29-33)49(37-15-7-5-8-16-37)41-23-25-43-35(31-41)21-27-45(51-3)47(43)48-44-26-24-42(32-36(44)22-28-46(48)52-4)50(38-17-9-6-10-18-38)40-20-12-14-34(2)30-40/h5-32H,1-4H3. The zero-order valence-corrected chi connectivity index (χ0v) is 29.9. The predicted octanol–water partition coefficient (Wildman–Crippen LogP) is 13.2. The van der Waals surface area contributed by atoms with Crippen LogP contribution in [0.3, 0.4) is 0 Å². The third-order valence-corrected chi connectivity index (χ3v) is 9.69. The normalized spacial score (nSPS) is 11.1. The molecule has 0 heterocycles. The predicted molar refractivity (Wildman–Crippen MR) is 219 cm³/mol. The number of benzene rings is 8. The van der Waals surface area contributed by atoms with Crippen LogP contribution in [-0.2, 0) is 0 Å². The quantitative estimate of drug-likeness (QED) is 0.152. The molecule has 52 heavy (non-hydrogen) atoms. The maximum atomic E-state index is 6.10. The highest BCUT2D eigenvalue weighted by molar-refractivity contribution is 6.11. The van der Waals surface area contributed by atoms with Crippen molar-refractivity contribution < 1.29 is 9.47 Å². The zero-order chi connectivity index (χ0) is 35.6. The molecule has 4 heteroatoms. The van der Waals surface area contributed by atoms with Gasteiger partial charge in [-0.2, -0.15) is 0 Å². The summed E-state index contributed by atoms with van der Waals surface area (Å²) >= 11 is 0. The van der Waals surface area contributed by atoms with Crippen molar-refractivity contribution in [2.45, 2.75) is 13.8 Å². The summed E-state index contributed by atoms with van der Waals surface area (Å²) in [6.45, 7) is 4.27. The van der Waals surface area contributed by atoms with Gasteiger partial charge < -0.3 is 19.3 Å². The molecule has 8 aromatic rings. The van der Waals surface area contributed by atoms with Crippen molar-refractivity contribution in [2.24, 2.45) is 0 Å². The fourth-order valence-electron chi connectivity index (χ4n) is 7.31. The molecular weight excluding hydrogens is 637 g/mol. The Morgan fingerprint density at radius 1 is 0.346 bits per heavy atom. The molecule has 0 saturated heterocycles. The fraction of sp³-hybridized carbons (Fsp3) is 0.0833.